The first-order chi connectivity index (χ1) is 14.5. The van der Waals surface area contributed by atoms with E-state index in [-0.39, 0.29) is 11.8 Å². The number of amides is 2. The summed E-state index contributed by atoms with van der Waals surface area (Å²) in [7, 11) is 3.70. The highest BCUT2D eigenvalue weighted by Gasteiger charge is 2.24. The summed E-state index contributed by atoms with van der Waals surface area (Å²) >= 11 is 1.75. The molecule has 1 aliphatic heterocycles. The van der Waals surface area contributed by atoms with Crippen molar-refractivity contribution in [2.75, 3.05) is 30.9 Å². The number of rotatable bonds is 4. The van der Waals surface area contributed by atoms with Crippen LogP contribution in [0, 0.1) is 6.92 Å². The molecule has 0 atom stereocenters. The summed E-state index contributed by atoms with van der Waals surface area (Å²) in [5.41, 5.74) is 3.73. The van der Waals surface area contributed by atoms with Gasteiger partial charge in [0.05, 0.1) is 5.56 Å². The second-order valence-electron chi connectivity index (χ2n) is 7.55. The zero-order valence-electron chi connectivity index (χ0n) is 17.3. The van der Waals surface area contributed by atoms with Gasteiger partial charge in [0.25, 0.3) is 11.8 Å². The van der Waals surface area contributed by atoms with E-state index < -0.39 is 0 Å². The molecule has 0 bridgehead atoms. The first kappa shape index (κ1) is 20.1. The second-order valence-corrected chi connectivity index (χ2v) is 8.55. The largest absolute Gasteiger partial charge is 0.362 e. The monoisotopic (exact) mass is 420 g/mol. The molecule has 0 spiro atoms. The lowest BCUT2D eigenvalue weighted by Crippen LogP contribution is -2.35. The zero-order valence-corrected chi connectivity index (χ0v) is 18.1. The smallest absolute Gasteiger partial charge is 0.259 e. The summed E-state index contributed by atoms with van der Waals surface area (Å²) in [4.78, 5) is 35.5. The van der Waals surface area contributed by atoms with Crippen molar-refractivity contribution in [3.8, 4) is 0 Å². The number of aromatic nitrogens is 1. The fourth-order valence-electron chi connectivity index (χ4n) is 3.72. The van der Waals surface area contributed by atoms with Gasteiger partial charge in [0, 0.05) is 49.5 Å². The number of nitrogens with zero attached hydrogens (tertiary/aromatic N) is 3. The number of benzene rings is 1. The maximum Gasteiger partial charge on any atom is 0.259 e. The van der Waals surface area contributed by atoms with Crippen LogP contribution in [0.2, 0.25) is 0 Å². The fourth-order valence-corrected chi connectivity index (χ4v) is 4.60. The van der Waals surface area contributed by atoms with Crippen LogP contribution in [0.5, 0.6) is 0 Å². The van der Waals surface area contributed by atoms with Crippen LogP contribution < -0.4 is 10.2 Å². The van der Waals surface area contributed by atoms with Gasteiger partial charge in [0.15, 0.2) is 0 Å². The number of pyridine rings is 1. The normalized spacial score (nSPS) is 13.0. The molecule has 4 rings (SSSR count). The molecule has 1 aromatic carbocycles. The van der Waals surface area contributed by atoms with Crippen LogP contribution >= 0.6 is 11.3 Å². The molecule has 1 N–H and O–H groups in total. The Morgan fingerprint density at radius 3 is 2.73 bits per heavy atom. The number of hydrogen-bond donors (Lipinski definition) is 1. The van der Waals surface area contributed by atoms with Crippen LogP contribution in [-0.2, 0) is 13.0 Å². The van der Waals surface area contributed by atoms with E-state index in [9.17, 15) is 9.59 Å². The summed E-state index contributed by atoms with van der Waals surface area (Å²) in [5, 5.41) is 5.04. The highest BCUT2D eigenvalue weighted by molar-refractivity contribution is 7.10. The molecule has 3 aromatic rings. The molecule has 7 heteroatoms. The standard InChI is InChI=1S/C23H24N4O2S/c1-15-17(23(29)27-12-9-20-16(14-27)10-13-30-20)6-4-8-19(15)25-22(28)18-7-5-11-24-21(18)26(2)3/h4-8,10-11,13H,9,12,14H2,1-3H3,(H,25,28). The van der Waals surface area contributed by atoms with Crippen LogP contribution in [-0.4, -0.2) is 42.3 Å². The average molecular weight is 421 g/mol. The molecule has 2 aromatic heterocycles. The molecular weight excluding hydrogens is 396 g/mol. The number of carbonyl (C=O) groups excluding carboxylic acids is 2. The van der Waals surface area contributed by atoms with E-state index in [4.69, 9.17) is 0 Å². The van der Waals surface area contributed by atoms with Crippen molar-refractivity contribution in [2.24, 2.45) is 0 Å². The van der Waals surface area contributed by atoms with Crippen molar-refractivity contribution < 1.29 is 9.59 Å². The topological polar surface area (TPSA) is 65.5 Å². The maximum atomic E-state index is 13.2. The summed E-state index contributed by atoms with van der Waals surface area (Å²) < 4.78 is 0. The van der Waals surface area contributed by atoms with Crippen LogP contribution in [0.15, 0.2) is 48.0 Å². The molecule has 0 saturated heterocycles. The lowest BCUT2D eigenvalue weighted by atomic mass is 10.0. The van der Waals surface area contributed by atoms with Gasteiger partial charge < -0.3 is 15.1 Å². The summed E-state index contributed by atoms with van der Waals surface area (Å²) in [6.45, 7) is 3.22. The van der Waals surface area contributed by atoms with E-state index in [0.717, 1.165) is 12.0 Å². The molecule has 2 amide bonds. The van der Waals surface area contributed by atoms with Crippen molar-refractivity contribution in [3.63, 3.8) is 0 Å². The van der Waals surface area contributed by atoms with Gasteiger partial charge in [-0.3, -0.25) is 9.59 Å². The molecule has 1 aliphatic rings. The maximum absolute atomic E-state index is 13.2. The van der Waals surface area contributed by atoms with Gasteiger partial charge in [0.1, 0.15) is 5.82 Å². The molecule has 0 aliphatic carbocycles. The molecular formula is C23H24N4O2S. The lowest BCUT2D eigenvalue weighted by molar-refractivity contribution is 0.0735. The molecule has 0 radical (unpaired) electrons. The summed E-state index contributed by atoms with van der Waals surface area (Å²) in [5.74, 6) is 0.343. The highest BCUT2D eigenvalue weighted by Crippen LogP contribution is 2.27. The molecule has 30 heavy (non-hydrogen) atoms. The summed E-state index contributed by atoms with van der Waals surface area (Å²) in [6, 6.07) is 11.0. The van der Waals surface area contributed by atoms with Crippen molar-refractivity contribution in [3.05, 3.63) is 75.1 Å². The minimum atomic E-state index is -0.250. The molecule has 6 nitrogen and oxygen atoms in total. The number of hydrogen-bond acceptors (Lipinski definition) is 5. The third-order valence-electron chi connectivity index (χ3n) is 5.36. The van der Waals surface area contributed by atoms with Crippen molar-refractivity contribution in [1.82, 2.24) is 9.88 Å². The lowest BCUT2D eigenvalue weighted by Gasteiger charge is -2.28. The first-order valence-electron chi connectivity index (χ1n) is 9.83. The minimum Gasteiger partial charge on any atom is -0.362 e. The number of fused-ring (bicyclic) bond motifs is 1. The number of thiophene rings is 1. The minimum absolute atomic E-state index is 0.00388. The predicted molar refractivity (Wildman–Crippen MR) is 120 cm³/mol. The van der Waals surface area contributed by atoms with Gasteiger partial charge >= 0.3 is 0 Å². The molecule has 154 valence electrons. The Labute approximate surface area is 180 Å². The SMILES string of the molecule is Cc1c(NC(=O)c2cccnc2N(C)C)cccc1C(=O)N1CCc2sccc2C1. The molecule has 0 fully saturated rings. The fraction of sp³-hybridized carbons (Fsp3) is 0.261. The quantitative estimate of drug-likeness (QED) is 0.694. The van der Waals surface area contributed by atoms with Crippen LogP contribution in [0.4, 0.5) is 11.5 Å². The van der Waals surface area contributed by atoms with E-state index in [1.807, 2.05) is 44.1 Å². The molecule has 3 heterocycles. The average Bonchev–Trinajstić information content (AvgIpc) is 3.22. The van der Waals surface area contributed by atoms with Crippen molar-refractivity contribution >= 4 is 34.7 Å². The Morgan fingerprint density at radius 1 is 1.13 bits per heavy atom. The Morgan fingerprint density at radius 2 is 1.93 bits per heavy atom. The first-order valence-corrected chi connectivity index (χ1v) is 10.7. The van der Waals surface area contributed by atoms with Gasteiger partial charge in [-0.2, -0.15) is 0 Å². The third-order valence-corrected chi connectivity index (χ3v) is 6.39. The van der Waals surface area contributed by atoms with E-state index in [1.165, 1.54) is 10.4 Å². The van der Waals surface area contributed by atoms with Gasteiger partial charge in [0.2, 0.25) is 0 Å². The van der Waals surface area contributed by atoms with Gasteiger partial charge in [-0.15, -0.1) is 11.3 Å². The van der Waals surface area contributed by atoms with Crippen molar-refractivity contribution in [1.29, 1.82) is 0 Å². The highest BCUT2D eigenvalue weighted by atomic mass is 32.1. The Balaban J connectivity index is 1.57. The third kappa shape index (κ3) is 3.80. The van der Waals surface area contributed by atoms with E-state index in [0.29, 0.717) is 35.7 Å². The zero-order chi connectivity index (χ0) is 21.3. The van der Waals surface area contributed by atoms with Crippen LogP contribution in [0.3, 0.4) is 0 Å². The molecule has 0 saturated carbocycles. The van der Waals surface area contributed by atoms with Crippen LogP contribution in [0.1, 0.15) is 36.7 Å². The predicted octanol–water partition coefficient (Wildman–Crippen LogP) is 3.97. The van der Waals surface area contributed by atoms with E-state index in [2.05, 4.69) is 21.7 Å². The van der Waals surface area contributed by atoms with Gasteiger partial charge in [-0.25, -0.2) is 4.98 Å². The number of carbonyl (C=O) groups is 2. The Kier molecular flexibility index (Phi) is 5.55. The number of nitrogens with one attached hydrogen (secondary N) is 1. The number of anilines is 2. The Bertz CT molecular complexity index is 1110. The second kappa shape index (κ2) is 8.28. The van der Waals surface area contributed by atoms with Crippen molar-refractivity contribution in [2.45, 2.75) is 19.9 Å². The van der Waals surface area contributed by atoms with Gasteiger partial charge in [-0.05, 0) is 60.2 Å². The van der Waals surface area contributed by atoms with E-state index in [1.54, 1.807) is 34.6 Å². The van der Waals surface area contributed by atoms with Crippen LogP contribution in [0.25, 0.3) is 0 Å². The van der Waals surface area contributed by atoms with Gasteiger partial charge in [-0.1, -0.05) is 6.07 Å². The molecule has 0 unspecified atom stereocenters. The summed E-state index contributed by atoms with van der Waals surface area (Å²) in [6.07, 6.45) is 2.55. The van der Waals surface area contributed by atoms with E-state index >= 15 is 0 Å². The Hall–Kier alpha value is -3.19.